The number of carbonyl (C=O) groups excluding carboxylic acids is 1. The fourth-order valence-corrected chi connectivity index (χ4v) is 1.31. The van der Waals surface area contributed by atoms with Gasteiger partial charge in [0.25, 0.3) is 0 Å². The zero-order chi connectivity index (χ0) is 8.27. The van der Waals surface area contributed by atoms with Crippen molar-refractivity contribution in [3.63, 3.8) is 0 Å². The molecule has 1 N–H and O–H groups in total. The van der Waals surface area contributed by atoms with Gasteiger partial charge in [-0.15, -0.1) is 0 Å². The quantitative estimate of drug-likeness (QED) is 0.593. The molecule has 3 nitrogen and oxygen atoms in total. The van der Waals surface area contributed by atoms with E-state index < -0.39 is 0 Å². The SMILES string of the molecule is CC(=N)CC(=O)N1CCCC1. The van der Waals surface area contributed by atoms with Crippen molar-refractivity contribution in [1.82, 2.24) is 4.90 Å². The first-order chi connectivity index (χ1) is 5.20. The van der Waals surface area contributed by atoms with Crippen molar-refractivity contribution in [1.29, 1.82) is 5.41 Å². The molecule has 1 amide bonds. The molecule has 1 fully saturated rings. The third-order valence-electron chi connectivity index (χ3n) is 1.88. The summed E-state index contributed by atoms with van der Waals surface area (Å²) in [4.78, 5) is 13.1. The van der Waals surface area contributed by atoms with Crippen LogP contribution in [0.4, 0.5) is 0 Å². The highest BCUT2D eigenvalue weighted by atomic mass is 16.2. The third-order valence-corrected chi connectivity index (χ3v) is 1.88. The molecule has 0 aliphatic carbocycles. The second-order valence-corrected chi connectivity index (χ2v) is 3.05. The van der Waals surface area contributed by atoms with Gasteiger partial charge in [-0.25, -0.2) is 0 Å². The first-order valence-corrected chi connectivity index (χ1v) is 4.02. The van der Waals surface area contributed by atoms with Gasteiger partial charge in [-0.2, -0.15) is 0 Å². The fourth-order valence-electron chi connectivity index (χ4n) is 1.31. The van der Waals surface area contributed by atoms with Crippen molar-refractivity contribution in [3.05, 3.63) is 0 Å². The van der Waals surface area contributed by atoms with Crippen LogP contribution in [0.1, 0.15) is 26.2 Å². The van der Waals surface area contributed by atoms with Gasteiger partial charge in [0.05, 0.1) is 6.42 Å². The van der Waals surface area contributed by atoms with Gasteiger partial charge in [0.15, 0.2) is 0 Å². The number of nitrogens with zero attached hydrogens (tertiary/aromatic N) is 1. The fraction of sp³-hybridized carbons (Fsp3) is 0.750. The first kappa shape index (κ1) is 8.24. The van der Waals surface area contributed by atoms with E-state index in [2.05, 4.69) is 0 Å². The molecule has 0 spiro atoms. The molecule has 0 atom stereocenters. The van der Waals surface area contributed by atoms with E-state index in [0.29, 0.717) is 12.1 Å². The van der Waals surface area contributed by atoms with Crippen LogP contribution in [0, 0.1) is 5.41 Å². The molecule has 0 aromatic carbocycles. The Morgan fingerprint density at radius 1 is 1.45 bits per heavy atom. The van der Waals surface area contributed by atoms with E-state index in [-0.39, 0.29) is 5.91 Å². The average Bonchev–Trinajstić information content (AvgIpc) is 2.35. The first-order valence-electron chi connectivity index (χ1n) is 4.02. The van der Waals surface area contributed by atoms with Gasteiger partial charge in [0.1, 0.15) is 0 Å². The molecule has 1 aliphatic rings. The monoisotopic (exact) mass is 154 g/mol. The minimum atomic E-state index is 0.120. The zero-order valence-corrected chi connectivity index (χ0v) is 6.89. The molecule has 1 saturated heterocycles. The van der Waals surface area contributed by atoms with Crippen LogP contribution in [0.15, 0.2) is 0 Å². The number of carbonyl (C=O) groups is 1. The van der Waals surface area contributed by atoms with Crippen LogP contribution in [0.2, 0.25) is 0 Å². The molecule has 0 unspecified atom stereocenters. The Morgan fingerprint density at radius 2 is 2.00 bits per heavy atom. The molecule has 0 radical (unpaired) electrons. The van der Waals surface area contributed by atoms with Crippen LogP contribution in [0.3, 0.4) is 0 Å². The topological polar surface area (TPSA) is 44.2 Å². The van der Waals surface area contributed by atoms with Crippen LogP contribution < -0.4 is 0 Å². The number of nitrogens with one attached hydrogen (secondary N) is 1. The molecule has 0 aromatic heterocycles. The molecule has 0 aromatic rings. The molecular formula is C8H14N2O. The van der Waals surface area contributed by atoms with Crippen LogP contribution in [0.5, 0.6) is 0 Å². The minimum absolute atomic E-state index is 0.120. The molecular weight excluding hydrogens is 140 g/mol. The third kappa shape index (κ3) is 2.33. The molecule has 1 heterocycles. The average molecular weight is 154 g/mol. The number of hydrogen-bond donors (Lipinski definition) is 1. The summed E-state index contributed by atoms with van der Waals surface area (Å²) in [7, 11) is 0. The zero-order valence-electron chi connectivity index (χ0n) is 6.89. The number of likely N-dealkylation sites (tertiary alicyclic amines) is 1. The second-order valence-electron chi connectivity index (χ2n) is 3.05. The van der Waals surface area contributed by atoms with Gasteiger partial charge >= 0.3 is 0 Å². The summed E-state index contributed by atoms with van der Waals surface area (Å²) in [5.74, 6) is 0.120. The molecule has 1 aliphatic heterocycles. The Morgan fingerprint density at radius 3 is 2.45 bits per heavy atom. The van der Waals surface area contributed by atoms with Crippen LogP contribution in [-0.2, 0) is 4.79 Å². The van der Waals surface area contributed by atoms with Crippen molar-refractivity contribution in [2.75, 3.05) is 13.1 Å². The van der Waals surface area contributed by atoms with E-state index >= 15 is 0 Å². The smallest absolute Gasteiger partial charge is 0.228 e. The summed E-state index contributed by atoms with van der Waals surface area (Å²) >= 11 is 0. The largest absolute Gasteiger partial charge is 0.342 e. The van der Waals surface area contributed by atoms with Gasteiger partial charge in [-0.05, 0) is 19.8 Å². The van der Waals surface area contributed by atoms with Crippen LogP contribution in [0.25, 0.3) is 0 Å². The van der Waals surface area contributed by atoms with Gasteiger partial charge in [0, 0.05) is 18.8 Å². The van der Waals surface area contributed by atoms with Gasteiger partial charge in [-0.3, -0.25) is 4.79 Å². The van der Waals surface area contributed by atoms with E-state index in [1.807, 2.05) is 4.90 Å². The lowest BCUT2D eigenvalue weighted by Gasteiger charge is -2.13. The number of hydrogen-bond acceptors (Lipinski definition) is 2. The van der Waals surface area contributed by atoms with E-state index in [4.69, 9.17) is 5.41 Å². The van der Waals surface area contributed by atoms with Gasteiger partial charge in [-0.1, -0.05) is 0 Å². The molecule has 62 valence electrons. The Labute approximate surface area is 66.9 Å². The number of amides is 1. The number of rotatable bonds is 2. The highest BCUT2D eigenvalue weighted by Gasteiger charge is 2.17. The maximum absolute atomic E-state index is 11.2. The summed E-state index contributed by atoms with van der Waals surface area (Å²) < 4.78 is 0. The van der Waals surface area contributed by atoms with E-state index in [1.54, 1.807) is 6.92 Å². The van der Waals surface area contributed by atoms with Crippen molar-refractivity contribution >= 4 is 11.6 Å². The predicted octanol–water partition coefficient (Wildman–Crippen LogP) is 1.04. The molecule has 11 heavy (non-hydrogen) atoms. The molecule has 0 saturated carbocycles. The minimum Gasteiger partial charge on any atom is -0.342 e. The lowest BCUT2D eigenvalue weighted by Crippen LogP contribution is -2.28. The summed E-state index contributed by atoms with van der Waals surface area (Å²) in [6.07, 6.45) is 2.56. The van der Waals surface area contributed by atoms with Gasteiger partial charge in [0.2, 0.25) is 5.91 Å². The normalized spacial score (nSPS) is 17.0. The Hall–Kier alpha value is -0.860. The van der Waals surface area contributed by atoms with Crippen molar-refractivity contribution in [2.24, 2.45) is 0 Å². The van der Waals surface area contributed by atoms with E-state index in [0.717, 1.165) is 25.9 Å². The second kappa shape index (κ2) is 3.51. The highest BCUT2D eigenvalue weighted by Crippen LogP contribution is 2.08. The molecule has 1 rings (SSSR count). The maximum atomic E-state index is 11.2. The lowest BCUT2D eigenvalue weighted by molar-refractivity contribution is -0.128. The van der Waals surface area contributed by atoms with Crippen molar-refractivity contribution in [3.8, 4) is 0 Å². The van der Waals surface area contributed by atoms with Crippen molar-refractivity contribution in [2.45, 2.75) is 26.2 Å². The van der Waals surface area contributed by atoms with Gasteiger partial charge < -0.3 is 10.3 Å². The van der Waals surface area contributed by atoms with E-state index in [9.17, 15) is 4.79 Å². The Kier molecular flexibility index (Phi) is 2.63. The van der Waals surface area contributed by atoms with E-state index in [1.165, 1.54) is 0 Å². The van der Waals surface area contributed by atoms with Crippen LogP contribution >= 0.6 is 0 Å². The summed E-state index contributed by atoms with van der Waals surface area (Å²) in [6.45, 7) is 3.46. The van der Waals surface area contributed by atoms with Crippen LogP contribution in [-0.4, -0.2) is 29.6 Å². The Balaban J connectivity index is 2.34. The molecule has 3 heteroatoms. The summed E-state index contributed by atoms with van der Waals surface area (Å²) in [5, 5.41) is 7.14. The predicted molar refractivity (Wildman–Crippen MR) is 43.8 cm³/mol. The maximum Gasteiger partial charge on any atom is 0.228 e. The standard InChI is InChI=1S/C8H14N2O/c1-7(9)6-8(11)10-4-2-3-5-10/h9H,2-6H2,1H3. The summed E-state index contributed by atoms with van der Waals surface area (Å²) in [6, 6.07) is 0. The summed E-state index contributed by atoms with van der Waals surface area (Å²) in [5.41, 5.74) is 0.460. The van der Waals surface area contributed by atoms with Crippen molar-refractivity contribution < 1.29 is 4.79 Å². The molecule has 0 bridgehead atoms. The lowest BCUT2D eigenvalue weighted by atomic mass is 10.3. The highest BCUT2D eigenvalue weighted by molar-refractivity contribution is 5.98. The Bertz CT molecular complexity index is 171.